The van der Waals surface area contributed by atoms with Gasteiger partial charge in [0.1, 0.15) is 24.1 Å². The SMILES string of the molecule is CCOC(=O)[C@H]1O[C@@H](Oc2ccccc2C=O)[C@H](O)[C@@H](O)[C@@H]1O. The summed E-state index contributed by atoms with van der Waals surface area (Å²) in [6.45, 7) is 1.64. The molecule has 0 bridgehead atoms. The van der Waals surface area contributed by atoms with Crippen LogP contribution in [0.2, 0.25) is 0 Å². The maximum Gasteiger partial charge on any atom is 0.338 e. The van der Waals surface area contributed by atoms with Crippen LogP contribution in [0, 0.1) is 0 Å². The molecule has 0 saturated carbocycles. The van der Waals surface area contributed by atoms with E-state index >= 15 is 0 Å². The summed E-state index contributed by atoms with van der Waals surface area (Å²) in [6.07, 6.45) is -7.36. The zero-order chi connectivity index (χ0) is 17.0. The molecule has 8 heteroatoms. The Morgan fingerprint density at radius 1 is 1.22 bits per heavy atom. The molecule has 5 atom stereocenters. The van der Waals surface area contributed by atoms with Gasteiger partial charge in [0.05, 0.1) is 12.2 Å². The third-order valence-corrected chi connectivity index (χ3v) is 3.38. The molecule has 0 unspecified atom stereocenters. The number of aldehydes is 1. The Bertz CT molecular complexity index is 560. The van der Waals surface area contributed by atoms with E-state index in [0.717, 1.165) is 0 Å². The lowest BCUT2D eigenvalue weighted by molar-refractivity contribution is -0.272. The summed E-state index contributed by atoms with van der Waals surface area (Å²) in [5.41, 5.74) is 0.205. The molecule has 1 aromatic carbocycles. The molecule has 1 fully saturated rings. The largest absolute Gasteiger partial charge is 0.464 e. The van der Waals surface area contributed by atoms with Crippen LogP contribution in [0.1, 0.15) is 17.3 Å². The first kappa shape index (κ1) is 17.4. The van der Waals surface area contributed by atoms with E-state index in [-0.39, 0.29) is 17.9 Å². The number of hydrogen-bond donors (Lipinski definition) is 3. The first-order chi connectivity index (χ1) is 11.0. The van der Waals surface area contributed by atoms with E-state index in [1.54, 1.807) is 19.1 Å². The van der Waals surface area contributed by atoms with Crippen molar-refractivity contribution in [3.63, 3.8) is 0 Å². The number of carbonyl (C=O) groups excluding carboxylic acids is 2. The van der Waals surface area contributed by atoms with Gasteiger partial charge in [-0.1, -0.05) is 12.1 Å². The van der Waals surface area contributed by atoms with Gasteiger partial charge in [-0.25, -0.2) is 4.79 Å². The maximum absolute atomic E-state index is 11.8. The predicted molar refractivity (Wildman–Crippen MR) is 75.8 cm³/mol. The summed E-state index contributed by atoms with van der Waals surface area (Å²) in [5.74, 6) is -0.777. The molecule has 2 rings (SSSR count). The minimum Gasteiger partial charge on any atom is -0.464 e. The predicted octanol–water partition coefficient (Wildman–Crippen LogP) is -0.751. The first-order valence-electron chi connectivity index (χ1n) is 7.06. The van der Waals surface area contributed by atoms with Crippen molar-refractivity contribution in [2.45, 2.75) is 37.6 Å². The zero-order valence-corrected chi connectivity index (χ0v) is 12.4. The van der Waals surface area contributed by atoms with Gasteiger partial charge in [0, 0.05) is 0 Å². The second-order valence-corrected chi connectivity index (χ2v) is 4.92. The van der Waals surface area contributed by atoms with Gasteiger partial charge in [-0.05, 0) is 19.1 Å². The molecule has 3 N–H and O–H groups in total. The highest BCUT2D eigenvalue weighted by Crippen LogP contribution is 2.26. The van der Waals surface area contributed by atoms with Gasteiger partial charge < -0.3 is 29.5 Å². The Kier molecular flexibility index (Phi) is 5.67. The lowest BCUT2D eigenvalue weighted by atomic mass is 9.99. The molecule has 8 nitrogen and oxygen atoms in total. The van der Waals surface area contributed by atoms with Crippen molar-refractivity contribution in [2.75, 3.05) is 6.61 Å². The number of hydrogen-bond acceptors (Lipinski definition) is 8. The third kappa shape index (κ3) is 3.67. The highest BCUT2D eigenvalue weighted by Gasteiger charge is 2.48. The van der Waals surface area contributed by atoms with Crippen LogP contribution in [-0.2, 0) is 14.3 Å². The normalized spacial score (nSPS) is 30.5. The second-order valence-electron chi connectivity index (χ2n) is 4.92. The number of aliphatic hydroxyl groups excluding tert-OH is 3. The van der Waals surface area contributed by atoms with Crippen molar-refractivity contribution in [1.82, 2.24) is 0 Å². The van der Waals surface area contributed by atoms with Crippen LogP contribution in [-0.4, -0.2) is 64.9 Å². The number of carbonyl (C=O) groups is 2. The molecule has 1 aromatic rings. The van der Waals surface area contributed by atoms with Crippen molar-refractivity contribution >= 4 is 12.3 Å². The van der Waals surface area contributed by atoms with Crippen LogP contribution in [0.25, 0.3) is 0 Å². The average molecular weight is 326 g/mol. The van der Waals surface area contributed by atoms with E-state index in [0.29, 0.717) is 6.29 Å². The van der Waals surface area contributed by atoms with E-state index in [1.807, 2.05) is 0 Å². The van der Waals surface area contributed by atoms with Crippen molar-refractivity contribution < 1.29 is 39.1 Å². The summed E-state index contributed by atoms with van der Waals surface area (Å²) < 4.78 is 15.4. The third-order valence-electron chi connectivity index (χ3n) is 3.38. The van der Waals surface area contributed by atoms with E-state index in [1.165, 1.54) is 12.1 Å². The molecule has 1 aliphatic rings. The molecule has 0 amide bonds. The molecular weight excluding hydrogens is 308 g/mol. The standard InChI is InChI=1S/C15H18O8/c1-2-21-14(20)13-11(18)10(17)12(19)15(23-13)22-9-6-4-3-5-8(9)7-16/h3-7,10-13,15,17-19H,2H2,1H3/t10-,11-,12+,13-,15+/m0/s1. The Balaban J connectivity index is 2.20. The van der Waals surface area contributed by atoms with Crippen molar-refractivity contribution in [3.05, 3.63) is 29.8 Å². The Morgan fingerprint density at radius 3 is 2.57 bits per heavy atom. The number of ether oxygens (including phenoxy) is 3. The molecule has 1 aliphatic heterocycles. The van der Waals surface area contributed by atoms with E-state index in [9.17, 15) is 24.9 Å². The van der Waals surface area contributed by atoms with Crippen molar-refractivity contribution in [1.29, 1.82) is 0 Å². The summed E-state index contributed by atoms with van der Waals surface area (Å²) in [6, 6.07) is 6.18. The van der Waals surface area contributed by atoms with E-state index < -0.39 is 36.7 Å². The summed E-state index contributed by atoms with van der Waals surface area (Å²) in [5, 5.41) is 29.7. The van der Waals surface area contributed by atoms with E-state index in [2.05, 4.69) is 0 Å². The van der Waals surface area contributed by atoms with Crippen LogP contribution in [0.3, 0.4) is 0 Å². The minimum absolute atomic E-state index is 0.0591. The number of rotatable bonds is 5. The number of esters is 1. The average Bonchev–Trinajstić information content (AvgIpc) is 2.56. The molecule has 0 aliphatic carbocycles. The summed E-state index contributed by atoms with van der Waals surface area (Å²) >= 11 is 0. The van der Waals surface area contributed by atoms with Gasteiger partial charge >= 0.3 is 5.97 Å². The van der Waals surface area contributed by atoms with Gasteiger partial charge in [-0.2, -0.15) is 0 Å². The van der Waals surface area contributed by atoms with Gasteiger partial charge in [0.15, 0.2) is 12.4 Å². The monoisotopic (exact) mass is 326 g/mol. The van der Waals surface area contributed by atoms with Crippen molar-refractivity contribution in [2.24, 2.45) is 0 Å². The summed E-state index contributed by atoms with van der Waals surface area (Å²) in [4.78, 5) is 22.7. The van der Waals surface area contributed by atoms with Crippen LogP contribution in [0.5, 0.6) is 5.75 Å². The Morgan fingerprint density at radius 2 is 1.91 bits per heavy atom. The number of para-hydroxylation sites is 1. The van der Waals surface area contributed by atoms with Crippen LogP contribution >= 0.6 is 0 Å². The van der Waals surface area contributed by atoms with Crippen molar-refractivity contribution in [3.8, 4) is 5.75 Å². The van der Waals surface area contributed by atoms with Gasteiger partial charge in [0.2, 0.25) is 6.29 Å². The zero-order valence-electron chi connectivity index (χ0n) is 12.4. The smallest absolute Gasteiger partial charge is 0.338 e. The summed E-state index contributed by atoms with van der Waals surface area (Å²) in [7, 11) is 0. The number of aliphatic hydroxyl groups is 3. The van der Waals surface area contributed by atoms with Gasteiger partial charge in [-0.3, -0.25) is 4.79 Å². The van der Waals surface area contributed by atoms with Crippen LogP contribution in [0.4, 0.5) is 0 Å². The van der Waals surface area contributed by atoms with Crippen LogP contribution < -0.4 is 4.74 Å². The van der Waals surface area contributed by atoms with Crippen LogP contribution in [0.15, 0.2) is 24.3 Å². The fourth-order valence-corrected chi connectivity index (χ4v) is 2.17. The molecule has 0 radical (unpaired) electrons. The molecule has 1 heterocycles. The molecule has 1 saturated heterocycles. The van der Waals surface area contributed by atoms with E-state index in [4.69, 9.17) is 14.2 Å². The molecular formula is C15H18O8. The maximum atomic E-state index is 11.8. The lowest BCUT2D eigenvalue weighted by Gasteiger charge is -2.39. The quantitative estimate of drug-likeness (QED) is 0.477. The Labute approximate surface area is 132 Å². The fourth-order valence-electron chi connectivity index (χ4n) is 2.17. The van der Waals surface area contributed by atoms with Gasteiger partial charge in [-0.15, -0.1) is 0 Å². The topological polar surface area (TPSA) is 123 Å². The number of benzene rings is 1. The molecule has 0 aromatic heterocycles. The lowest BCUT2D eigenvalue weighted by Crippen LogP contribution is -2.61. The first-order valence-corrected chi connectivity index (χ1v) is 7.06. The second kappa shape index (κ2) is 7.51. The molecule has 0 spiro atoms. The highest BCUT2D eigenvalue weighted by atomic mass is 16.7. The molecule has 23 heavy (non-hydrogen) atoms. The minimum atomic E-state index is -1.67. The molecule has 126 valence electrons. The Hall–Kier alpha value is -2.00. The van der Waals surface area contributed by atoms with Gasteiger partial charge in [0.25, 0.3) is 0 Å². The highest BCUT2D eigenvalue weighted by molar-refractivity contribution is 5.79. The fraction of sp³-hybridized carbons (Fsp3) is 0.467.